The summed E-state index contributed by atoms with van der Waals surface area (Å²) in [5.41, 5.74) is -2.17. The Labute approximate surface area is 490 Å². The number of nitrogens with one attached hydrogen (secondary N) is 3. The molecule has 10 rings (SSSR count). The number of halogens is 7. The number of fused-ring (bicyclic) bond motifs is 2. The van der Waals surface area contributed by atoms with E-state index in [9.17, 15) is 55.1 Å². The highest BCUT2D eigenvalue weighted by molar-refractivity contribution is 6.76. The molecule has 0 aliphatic carbocycles. The molecule has 0 saturated heterocycles. The fourth-order valence-electron chi connectivity index (χ4n) is 8.12. The predicted molar refractivity (Wildman–Crippen MR) is 298 cm³/mol. The van der Waals surface area contributed by atoms with Gasteiger partial charge in [-0.2, -0.15) is 36.3 Å². The first-order valence-corrected chi connectivity index (χ1v) is 29.2. The molecule has 87 heavy (non-hydrogen) atoms. The number of aromatic amines is 1. The largest absolute Gasteiger partial charge is 0.451 e. The number of carbonyl (C=O) groups excluding carboxylic acids is 2. The number of carbonyl (C=O) groups is 2. The highest BCUT2D eigenvalue weighted by Gasteiger charge is 2.35. The molecular formula is C50H49ClF6N20O9Si. The number of alkyl halides is 6. The molecule has 0 aromatic carbocycles. The molecule has 0 radical (unpaired) electrons. The maximum Gasteiger partial charge on any atom is 0.451 e. The van der Waals surface area contributed by atoms with Crippen LogP contribution >= 0.6 is 12.4 Å². The number of hydrogen-bond donors (Lipinski definition) is 3. The standard InChI is InChI=1S/C28H31F3N10O5Si.C22H17F3N10O4.ClH/c1-16(24(42)37-20-8-6-7-19(36-20)18-11-32-26(33-12-18)28(29,30)31)40-14-34-23-22(40)25(43)39(13-21-35-17(2)38-46-21)27(44)41(23)15-45-9-10-47(3,4)5;1-10(18(36)31-14-5-3-4-13(30-14)12-6-26-20(27-7-12)22(23,24)25)35-9-28-17-16(35)19(37)34(21(38)32-17)8-15-29-11(2)33-39-15;/h6-8,11-12,14,16H,9-10,13,15H2,1-5H3,(H,36,37,42);3-7,9-10H,8H2,1-2H3,(H,32,38)(H,30,31,36);1H. The van der Waals surface area contributed by atoms with Gasteiger partial charge in [-0.05, 0) is 58.0 Å². The summed E-state index contributed by atoms with van der Waals surface area (Å²) in [4.78, 5) is 120. The van der Waals surface area contributed by atoms with Gasteiger partial charge in [-0.1, -0.05) is 42.1 Å². The Morgan fingerprint density at radius 3 is 1.56 bits per heavy atom. The summed E-state index contributed by atoms with van der Waals surface area (Å²) in [5, 5.41) is 12.6. The fourth-order valence-corrected chi connectivity index (χ4v) is 8.87. The number of hydrogen-bond acceptors (Lipinski definition) is 21. The number of rotatable bonds is 17. The lowest BCUT2D eigenvalue weighted by Gasteiger charge is -2.17. The van der Waals surface area contributed by atoms with Gasteiger partial charge < -0.3 is 33.6 Å². The molecule has 456 valence electrons. The second kappa shape index (κ2) is 25.3. The van der Waals surface area contributed by atoms with Crippen LogP contribution in [0.5, 0.6) is 0 Å². The monoisotopic (exact) mass is 1250 g/mol. The number of ether oxygens (including phenoxy) is 1. The Kier molecular flexibility index (Phi) is 18.3. The van der Waals surface area contributed by atoms with E-state index >= 15 is 0 Å². The van der Waals surface area contributed by atoms with E-state index in [1.807, 2.05) is 0 Å². The SMILES string of the molecule is Cc1noc(Cn2c(=O)[nH]c3ncn(C(C)C(=O)Nc4cccc(-c5cnc(C(F)(F)F)nc5)n4)c3c2=O)n1.Cc1noc(Cn2c(=O)c3c(ncn3C(C)C(=O)Nc3cccc(-c4cnc(C(F)(F)F)nc4)n3)n(COCC[Si](C)(C)C)c2=O)n1.Cl. The number of imidazole rings is 2. The summed E-state index contributed by atoms with van der Waals surface area (Å²) in [5.74, 6) is -2.86. The molecule has 0 bridgehead atoms. The number of H-pyrrole nitrogens is 1. The van der Waals surface area contributed by atoms with Crippen LogP contribution in [0, 0.1) is 13.8 Å². The van der Waals surface area contributed by atoms with Crippen molar-refractivity contribution in [1.29, 1.82) is 0 Å². The molecule has 0 fully saturated rings. The minimum atomic E-state index is -4.69. The molecule has 29 nitrogen and oxygen atoms in total. The van der Waals surface area contributed by atoms with Crippen molar-refractivity contribution in [2.75, 3.05) is 17.2 Å². The zero-order valence-electron chi connectivity index (χ0n) is 46.6. The van der Waals surface area contributed by atoms with Gasteiger partial charge in [-0.15, -0.1) is 12.4 Å². The van der Waals surface area contributed by atoms with Gasteiger partial charge in [0.1, 0.15) is 43.5 Å². The molecule has 37 heteroatoms. The van der Waals surface area contributed by atoms with Crippen LogP contribution in [0.2, 0.25) is 25.7 Å². The van der Waals surface area contributed by atoms with Gasteiger partial charge in [0.2, 0.25) is 35.2 Å². The molecule has 10 aromatic rings. The topological polar surface area (TPSA) is 357 Å². The second-order valence-electron chi connectivity index (χ2n) is 20.1. The molecule has 0 aliphatic rings. The van der Waals surface area contributed by atoms with Gasteiger partial charge in [0.15, 0.2) is 34.0 Å². The van der Waals surface area contributed by atoms with Gasteiger partial charge in [-0.3, -0.25) is 28.7 Å². The maximum absolute atomic E-state index is 13.8. The molecule has 2 unspecified atom stereocenters. The normalized spacial score (nSPS) is 12.6. The van der Waals surface area contributed by atoms with Gasteiger partial charge in [-0.25, -0.2) is 58.6 Å². The molecule has 10 heterocycles. The van der Waals surface area contributed by atoms with E-state index in [1.54, 1.807) is 19.9 Å². The summed E-state index contributed by atoms with van der Waals surface area (Å²) in [6.45, 7) is 12.4. The van der Waals surface area contributed by atoms with Gasteiger partial charge >= 0.3 is 23.7 Å². The molecule has 2 atom stereocenters. The van der Waals surface area contributed by atoms with Crippen LogP contribution in [0.3, 0.4) is 0 Å². The summed E-state index contributed by atoms with van der Waals surface area (Å²) in [7, 11) is -1.43. The third-order valence-electron chi connectivity index (χ3n) is 12.6. The number of aromatic nitrogens is 18. The molecular weight excluding hydrogens is 1200 g/mol. The van der Waals surface area contributed by atoms with Crippen LogP contribution in [0.4, 0.5) is 38.0 Å². The van der Waals surface area contributed by atoms with E-state index in [1.165, 1.54) is 70.5 Å². The predicted octanol–water partition coefficient (Wildman–Crippen LogP) is 5.60. The van der Waals surface area contributed by atoms with E-state index in [0.717, 1.165) is 40.0 Å². The van der Waals surface area contributed by atoms with Crippen molar-refractivity contribution in [3.05, 3.63) is 151 Å². The molecule has 0 saturated carbocycles. The van der Waals surface area contributed by atoms with Gasteiger partial charge in [0.05, 0.1) is 24.0 Å². The summed E-state index contributed by atoms with van der Waals surface area (Å²) in [6, 6.07) is 7.89. The fraction of sp³-hybridized carbons (Fsp3) is 0.320. The van der Waals surface area contributed by atoms with Crippen molar-refractivity contribution in [2.45, 2.75) is 97.6 Å². The van der Waals surface area contributed by atoms with Gasteiger partial charge in [0.25, 0.3) is 11.1 Å². The average molecular weight is 1250 g/mol. The van der Waals surface area contributed by atoms with Crippen molar-refractivity contribution in [3.8, 4) is 22.5 Å². The van der Waals surface area contributed by atoms with Crippen LogP contribution in [0.1, 0.15) is 61.0 Å². The Hall–Kier alpha value is -9.97. The third kappa shape index (κ3) is 14.4. The summed E-state index contributed by atoms with van der Waals surface area (Å²) < 4.78 is 98.4. The van der Waals surface area contributed by atoms with Crippen molar-refractivity contribution < 1.29 is 49.7 Å². The number of amides is 2. The Morgan fingerprint density at radius 1 is 0.644 bits per heavy atom. The Bertz CT molecular complexity index is 4400. The lowest BCUT2D eigenvalue weighted by atomic mass is 10.2. The lowest BCUT2D eigenvalue weighted by molar-refractivity contribution is -0.145. The van der Waals surface area contributed by atoms with Crippen LogP contribution < -0.4 is 33.1 Å². The lowest BCUT2D eigenvalue weighted by Crippen LogP contribution is -2.42. The molecule has 0 aliphatic heterocycles. The third-order valence-corrected chi connectivity index (χ3v) is 14.3. The molecule has 2 amide bonds. The number of anilines is 2. The van der Waals surface area contributed by atoms with E-state index in [2.05, 4.69) is 95.4 Å². The first kappa shape index (κ1) is 63.1. The highest BCUT2D eigenvalue weighted by Crippen LogP contribution is 2.29. The van der Waals surface area contributed by atoms with E-state index in [4.69, 9.17) is 13.8 Å². The van der Waals surface area contributed by atoms with Crippen molar-refractivity contribution in [1.82, 2.24) is 88.0 Å². The number of nitrogens with zero attached hydrogens (tertiary/aromatic N) is 17. The quantitative estimate of drug-likeness (QED) is 0.0567. The van der Waals surface area contributed by atoms with E-state index < -0.39 is 78.5 Å². The van der Waals surface area contributed by atoms with E-state index in [-0.39, 0.29) is 100 Å². The minimum absolute atomic E-state index is 0. The number of aryl methyl sites for hydroxylation is 2. The van der Waals surface area contributed by atoms with Crippen molar-refractivity contribution in [2.24, 2.45) is 0 Å². The first-order chi connectivity index (χ1) is 40.6. The summed E-state index contributed by atoms with van der Waals surface area (Å²) >= 11 is 0. The molecule has 0 spiro atoms. The minimum Gasteiger partial charge on any atom is -0.361 e. The smallest absolute Gasteiger partial charge is 0.361 e. The van der Waals surface area contributed by atoms with Crippen molar-refractivity contribution in [3.63, 3.8) is 0 Å². The van der Waals surface area contributed by atoms with Crippen molar-refractivity contribution >= 4 is 66.3 Å². The zero-order chi connectivity index (χ0) is 62.0. The Balaban J connectivity index is 0.000000227. The van der Waals surface area contributed by atoms with Gasteiger partial charge in [0, 0.05) is 50.6 Å². The second-order valence-corrected chi connectivity index (χ2v) is 25.8. The van der Waals surface area contributed by atoms with Crippen LogP contribution in [-0.4, -0.2) is 114 Å². The zero-order valence-corrected chi connectivity index (χ0v) is 48.4. The molecule has 3 N–H and O–H groups in total. The van der Waals surface area contributed by atoms with Crippen LogP contribution in [-0.2, 0) is 46.5 Å². The first-order valence-electron chi connectivity index (χ1n) is 25.5. The Morgan fingerprint density at radius 2 is 1.10 bits per heavy atom. The highest BCUT2D eigenvalue weighted by atomic mass is 35.5. The number of pyridine rings is 2. The van der Waals surface area contributed by atoms with Crippen LogP contribution in [0.15, 0.2) is 102 Å². The van der Waals surface area contributed by atoms with E-state index in [0.29, 0.717) is 18.3 Å². The summed E-state index contributed by atoms with van der Waals surface area (Å²) in [6.07, 6.45) is -2.94. The average Bonchev–Trinajstić information content (AvgIpc) is 1.75. The molecule has 10 aromatic heterocycles. The van der Waals surface area contributed by atoms with Crippen LogP contribution in [0.25, 0.3) is 44.8 Å². The maximum atomic E-state index is 13.8.